The van der Waals surface area contributed by atoms with Gasteiger partial charge in [-0.25, -0.2) is 5.43 Å². The molecule has 0 saturated carbocycles. The van der Waals surface area contributed by atoms with Crippen LogP contribution in [-0.2, 0) is 0 Å². The summed E-state index contributed by atoms with van der Waals surface area (Å²) in [7, 11) is 0. The van der Waals surface area contributed by atoms with Gasteiger partial charge in [0.2, 0.25) is 0 Å². The molecule has 0 aliphatic heterocycles. The molecule has 3 aromatic rings. The Kier molecular flexibility index (Phi) is 6.49. The molecule has 1 N–H and O–H groups in total. The molecule has 0 aliphatic carbocycles. The molecule has 1 amide bonds. The summed E-state index contributed by atoms with van der Waals surface area (Å²) in [5, 5.41) is 4.83. The Bertz CT molecular complexity index is 1030. The Morgan fingerprint density at radius 2 is 2.07 bits per heavy atom. The second kappa shape index (κ2) is 9.23. The maximum atomic E-state index is 12.2. The maximum absolute atomic E-state index is 12.2. The van der Waals surface area contributed by atoms with E-state index in [-0.39, 0.29) is 5.76 Å². The minimum atomic E-state index is -0.431. The molecule has 7 heteroatoms. The molecular formula is C21H19BrN2O4. The zero-order chi connectivity index (χ0) is 19.9. The number of benzene rings is 2. The number of fused-ring (bicyclic) bond motifs is 1. The average molecular weight is 443 g/mol. The van der Waals surface area contributed by atoms with Crippen LogP contribution < -0.4 is 14.9 Å². The highest BCUT2D eigenvalue weighted by Crippen LogP contribution is 2.28. The summed E-state index contributed by atoms with van der Waals surface area (Å²) in [5.74, 6) is 0.979. The summed E-state index contributed by atoms with van der Waals surface area (Å²) in [6.07, 6.45) is 3.19. The standard InChI is InChI=1S/C21H19BrN2O4/c1-3-9-27-18-7-5-14(10-19(18)26-4-2)13-23-24-21(25)20-12-15-11-16(22)6-8-17(15)28-20/h3,5-8,10-13H,1,4,9H2,2H3,(H,24,25)/b23-13+. The molecule has 6 nitrogen and oxygen atoms in total. The van der Waals surface area contributed by atoms with Crippen molar-refractivity contribution in [3.63, 3.8) is 0 Å². The van der Waals surface area contributed by atoms with Gasteiger partial charge < -0.3 is 13.9 Å². The van der Waals surface area contributed by atoms with E-state index in [1.54, 1.807) is 30.3 Å². The van der Waals surface area contributed by atoms with Crippen LogP contribution in [0.5, 0.6) is 11.5 Å². The number of amides is 1. The minimum Gasteiger partial charge on any atom is -0.490 e. The van der Waals surface area contributed by atoms with Crippen molar-refractivity contribution >= 4 is 39.0 Å². The third-order valence-electron chi connectivity index (χ3n) is 3.71. The van der Waals surface area contributed by atoms with Crippen molar-refractivity contribution in [2.75, 3.05) is 13.2 Å². The molecule has 0 unspecified atom stereocenters. The summed E-state index contributed by atoms with van der Waals surface area (Å²) < 4.78 is 17.6. The van der Waals surface area contributed by atoms with Crippen molar-refractivity contribution in [1.82, 2.24) is 5.43 Å². The molecule has 28 heavy (non-hydrogen) atoms. The van der Waals surface area contributed by atoms with Crippen molar-refractivity contribution in [1.29, 1.82) is 0 Å². The summed E-state index contributed by atoms with van der Waals surface area (Å²) in [5.41, 5.74) is 3.85. The van der Waals surface area contributed by atoms with Crippen molar-refractivity contribution in [2.24, 2.45) is 5.10 Å². The molecule has 144 valence electrons. The first kappa shape index (κ1) is 19.7. The van der Waals surface area contributed by atoms with Crippen LogP contribution in [0.4, 0.5) is 0 Å². The van der Waals surface area contributed by atoms with Gasteiger partial charge in [0, 0.05) is 9.86 Å². The van der Waals surface area contributed by atoms with E-state index in [1.165, 1.54) is 6.21 Å². The molecule has 0 radical (unpaired) electrons. The number of furan rings is 1. The number of nitrogens with zero attached hydrogens (tertiary/aromatic N) is 1. The van der Waals surface area contributed by atoms with E-state index in [0.29, 0.717) is 30.3 Å². The lowest BCUT2D eigenvalue weighted by molar-refractivity contribution is 0.0929. The van der Waals surface area contributed by atoms with Gasteiger partial charge in [0.1, 0.15) is 12.2 Å². The maximum Gasteiger partial charge on any atom is 0.307 e. The topological polar surface area (TPSA) is 73.1 Å². The highest BCUT2D eigenvalue weighted by molar-refractivity contribution is 9.10. The van der Waals surface area contributed by atoms with Crippen molar-refractivity contribution in [2.45, 2.75) is 6.92 Å². The van der Waals surface area contributed by atoms with E-state index < -0.39 is 5.91 Å². The molecule has 0 atom stereocenters. The fourth-order valence-corrected chi connectivity index (χ4v) is 2.87. The number of hydrogen-bond donors (Lipinski definition) is 1. The molecule has 0 spiro atoms. The highest BCUT2D eigenvalue weighted by atomic mass is 79.9. The van der Waals surface area contributed by atoms with Gasteiger partial charge in [0.05, 0.1) is 12.8 Å². The Morgan fingerprint density at radius 1 is 1.21 bits per heavy atom. The van der Waals surface area contributed by atoms with E-state index in [0.717, 1.165) is 15.4 Å². The molecular weight excluding hydrogens is 424 g/mol. The smallest absolute Gasteiger partial charge is 0.307 e. The molecule has 0 aliphatic rings. The van der Waals surface area contributed by atoms with Crippen molar-refractivity contribution in [3.05, 3.63) is 70.9 Å². The van der Waals surface area contributed by atoms with Gasteiger partial charge in [-0.2, -0.15) is 5.10 Å². The quantitative estimate of drug-likeness (QED) is 0.305. The molecule has 1 aromatic heterocycles. The monoisotopic (exact) mass is 442 g/mol. The predicted octanol–water partition coefficient (Wildman–Crippen LogP) is 4.92. The number of carbonyl (C=O) groups excluding carboxylic acids is 1. The SMILES string of the molecule is C=CCOc1ccc(/C=N/NC(=O)c2cc3cc(Br)ccc3o2)cc1OCC. The van der Waals surface area contributed by atoms with Crippen LogP contribution in [0.15, 0.2) is 69.1 Å². The van der Waals surface area contributed by atoms with Crippen LogP contribution in [-0.4, -0.2) is 25.3 Å². The average Bonchev–Trinajstić information content (AvgIpc) is 3.11. The lowest BCUT2D eigenvalue weighted by Gasteiger charge is -2.11. The molecule has 1 heterocycles. The first-order chi connectivity index (χ1) is 13.6. The number of ether oxygens (including phenoxy) is 2. The van der Waals surface area contributed by atoms with Crippen LogP contribution >= 0.6 is 15.9 Å². The van der Waals surface area contributed by atoms with Gasteiger partial charge in [-0.05, 0) is 55.0 Å². The first-order valence-electron chi connectivity index (χ1n) is 8.63. The Labute approximate surface area is 171 Å². The Morgan fingerprint density at radius 3 is 2.86 bits per heavy atom. The fraction of sp³-hybridized carbons (Fsp3) is 0.143. The summed E-state index contributed by atoms with van der Waals surface area (Å²) in [6.45, 7) is 6.42. The normalized spacial score (nSPS) is 10.9. The van der Waals surface area contributed by atoms with Crippen molar-refractivity contribution < 1.29 is 18.7 Å². The van der Waals surface area contributed by atoms with Crippen LogP contribution in [0.2, 0.25) is 0 Å². The van der Waals surface area contributed by atoms with Crippen LogP contribution in [0.3, 0.4) is 0 Å². The number of hydrazone groups is 1. The van der Waals surface area contributed by atoms with Gasteiger partial charge in [-0.3, -0.25) is 4.79 Å². The lowest BCUT2D eigenvalue weighted by Crippen LogP contribution is -2.16. The minimum absolute atomic E-state index is 0.188. The van der Waals surface area contributed by atoms with Crippen LogP contribution in [0, 0.1) is 0 Å². The highest BCUT2D eigenvalue weighted by Gasteiger charge is 2.12. The van der Waals surface area contributed by atoms with Gasteiger partial charge in [-0.1, -0.05) is 28.6 Å². The first-order valence-corrected chi connectivity index (χ1v) is 9.43. The Balaban J connectivity index is 1.69. The second-order valence-corrected chi connectivity index (χ2v) is 6.65. The largest absolute Gasteiger partial charge is 0.490 e. The van der Waals surface area contributed by atoms with E-state index in [2.05, 4.69) is 33.0 Å². The Hall–Kier alpha value is -3.06. The van der Waals surface area contributed by atoms with E-state index in [9.17, 15) is 4.79 Å². The third-order valence-corrected chi connectivity index (χ3v) is 4.20. The van der Waals surface area contributed by atoms with Crippen molar-refractivity contribution in [3.8, 4) is 11.5 Å². The number of halogens is 1. The van der Waals surface area contributed by atoms with Gasteiger partial charge in [0.25, 0.3) is 0 Å². The lowest BCUT2D eigenvalue weighted by atomic mass is 10.2. The van der Waals surface area contributed by atoms with E-state index in [4.69, 9.17) is 13.9 Å². The number of hydrogen-bond acceptors (Lipinski definition) is 5. The molecule has 0 bridgehead atoms. The zero-order valence-corrected chi connectivity index (χ0v) is 16.9. The number of nitrogens with one attached hydrogen (secondary N) is 1. The second-order valence-electron chi connectivity index (χ2n) is 5.73. The number of carbonyl (C=O) groups is 1. The third kappa shape index (κ3) is 4.80. The summed E-state index contributed by atoms with van der Waals surface area (Å²) in [4.78, 5) is 12.2. The van der Waals surface area contributed by atoms with Crippen LogP contribution in [0.1, 0.15) is 23.0 Å². The predicted molar refractivity (Wildman–Crippen MR) is 112 cm³/mol. The number of rotatable bonds is 8. The summed E-state index contributed by atoms with van der Waals surface area (Å²) >= 11 is 3.39. The molecule has 0 saturated heterocycles. The zero-order valence-electron chi connectivity index (χ0n) is 15.3. The van der Waals surface area contributed by atoms with Gasteiger partial charge >= 0.3 is 5.91 Å². The van der Waals surface area contributed by atoms with Crippen LogP contribution in [0.25, 0.3) is 11.0 Å². The van der Waals surface area contributed by atoms with Gasteiger partial charge in [0.15, 0.2) is 17.3 Å². The fourth-order valence-electron chi connectivity index (χ4n) is 2.49. The van der Waals surface area contributed by atoms with E-state index in [1.807, 2.05) is 25.1 Å². The summed E-state index contributed by atoms with van der Waals surface area (Å²) in [6, 6.07) is 12.6. The van der Waals surface area contributed by atoms with Gasteiger partial charge in [-0.15, -0.1) is 0 Å². The molecule has 2 aromatic carbocycles. The molecule has 0 fully saturated rings. The van der Waals surface area contributed by atoms with E-state index >= 15 is 0 Å². The molecule has 3 rings (SSSR count).